The van der Waals surface area contributed by atoms with Crippen LogP contribution in [0, 0.1) is 13.8 Å². The molecule has 1 aromatic carbocycles. The number of nitrogens with zero attached hydrogens (tertiary/aromatic N) is 3. The van der Waals surface area contributed by atoms with E-state index >= 15 is 0 Å². The van der Waals surface area contributed by atoms with Crippen LogP contribution >= 0.6 is 11.6 Å². The molecule has 0 radical (unpaired) electrons. The molecule has 0 saturated carbocycles. The summed E-state index contributed by atoms with van der Waals surface area (Å²) in [4.78, 5) is 18.0. The normalized spacial score (nSPS) is 10.5. The van der Waals surface area contributed by atoms with Crippen molar-refractivity contribution >= 4 is 17.5 Å². The number of amides is 1. The monoisotopic (exact) mass is 278 g/mol. The number of carbonyl (C=O) groups excluding carboxylic acids is 1. The SMILES string of the molecule is Cc1nc(CN(C)C(=O)c2cccc(C)c2Cl)n[nH]1. The van der Waals surface area contributed by atoms with Crippen molar-refractivity contribution in [3.8, 4) is 0 Å². The van der Waals surface area contributed by atoms with E-state index in [9.17, 15) is 4.79 Å². The maximum atomic E-state index is 12.3. The van der Waals surface area contributed by atoms with Gasteiger partial charge in [0.1, 0.15) is 5.82 Å². The van der Waals surface area contributed by atoms with Crippen LogP contribution in [0.5, 0.6) is 0 Å². The van der Waals surface area contributed by atoms with E-state index in [1.807, 2.05) is 26.0 Å². The molecule has 0 spiro atoms. The summed E-state index contributed by atoms with van der Waals surface area (Å²) in [7, 11) is 1.70. The van der Waals surface area contributed by atoms with Gasteiger partial charge >= 0.3 is 0 Å². The highest BCUT2D eigenvalue weighted by Gasteiger charge is 2.17. The molecule has 0 bridgehead atoms. The molecule has 0 unspecified atom stereocenters. The number of benzene rings is 1. The van der Waals surface area contributed by atoms with Gasteiger partial charge in [-0.15, -0.1) is 0 Å². The van der Waals surface area contributed by atoms with Crippen molar-refractivity contribution < 1.29 is 4.79 Å². The van der Waals surface area contributed by atoms with Gasteiger partial charge in [0.15, 0.2) is 5.82 Å². The lowest BCUT2D eigenvalue weighted by Crippen LogP contribution is -2.27. The molecule has 0 aliphatic rings. The molecular weight excluding hydrogens is 264 g/mol. The Balaban J connectivity index is 2.17. The minimum Gasteiger partial charge on any atom is -0.334 e. The summed E-state index contributed by atoms with van der Waals surface area (Å²) in [5, 5.41) is 7.25. The summed E-state index contributed by atoms with van der Waals surface area (Å²) in [6.07, 6.45) is 0. The van der Waals surface area contributed by atoms with Crippen molar-refractivity contribution in [1.82, 2.24) is 20.1 Å². The zero-order chi connectivity index (χ0) is 14.0. The highest BCUT2D eigenvalue weighted by atomic mass is 35.5. The molecule has 1 N–H and O–H groups in total. The molecule has 2 rings (SSSR count). The topological polar surface area (TPSA) is 61.9 Å². The summed E-state index contributed by atoms with van der Waals surface area (Å²) in [6.45, 7) is 4.03. The second-order valence-electron chi connectivity index (χ2n) is 4.43. The molecular formula is C13H15ClN4O. The Morgan fingerprint density at radius 1 is 1.42 bits per heavy atom. The Bertz CT molecular complexity index is 608. The number of hydrogen-bond donors (Lipinski definition) is 1. The van der Waals surface area contributed by atoms with Crippen LogP contribution < -0.4 is 0 Å². The first kappa shape index (κ1) is 13.5. The lowest BCUT2D eigenvalue weighted by molar-refractivity contribution is 0.0781. The average Bonchev–Trinajstić information content (AvgIpc) is 2.77. The number of hydrogen-bond acceptors (Lipinski definition) is 3. The first-order valence-corrected chi connectivity index (χ1v) is 6.25. The summed E-state index contributed by atoms with van der Waals surface area (Å²) in [5.74, 6) is 1.16. The summed E-state index contributed by atoms with van der Waals surface area (Å²) >= 11 is 6.15. The van der Waals surface area contributed by atoms with E-state index in [0.29, 0.717) is 23.0 Å². The number of nitrogens with one attached hydrogen (secondary N) is 1. The first-order valence-electron chi connectivity index (χ1n) is 5.87. The van der Waals surface area contributed by atoms with Crippen LogP contribution in [0.1, 0.15) is 27.6 Å². The third-order valence-corrected chi connectivity index (χ3v) is 3.29. The van der Waals surface area contributed by atoms with Crippen molar-refractivity contribution in [2.45, 2.75) is 20.4 Å². The van der Waals surface area contributed by atoms with Crippen molar-refractivity contribution in [3.63, 3.8) is 0 Å². The minimum absolute atomic E-state index is 0.142. The van der Waals surface area contributed by atoms with Gasteiger partial charge in [0.2, 0.25) is 0 Å². The van der Waals surface area contributed by atoms with Gasteiger partial charge in [0.05, 0.1) is 17.1 Å². The first-order chi connectivity index (χ1) is 8.99. The van der Waals surface area contributed by atoms with Crippen LogP contribution in [-0.2, 0) is 6.54 Å². The summed E-state index contributed by atoms with van der Waals surface area (Å²) in [5.41, 5.74) is 1.38. The molecule has 0 aliphatic carbocycles. The van der Waals surface area contributed by atoms with Crippen LogP contribution in [0.15, 0.2) is 18.2 Å². The Morgan fingerprint density at radius 2 is 2.16 bits per heavy atom. The maximum absolute atomic E-state index is 12.3. The van der Waals surface area contributed by atoms with E-state index in [2.05, 4.69) is 15.2 Å². The number of aryl methyl sites for hydroxylation is 2. The van der Waals surface area contributed by atoms with Crippen LogP contribution in [0.2, 0.25) is 5.02 Å². The number of carbonyl (C=O) groups is 1. The van der Waals surface area contributed by atoms with Crippen molar-refractivity contribution in [2.24, 2.45) is 0 Å². The predicted octanol–water partition coefficient (Wildman–Crippen LogP) is 2.35. The van der Waals surface area contributed by atoms with E-state index in [0.717, 1.165) is 11.4 Å². The van der Waals surface area contributed by atoms with E-state index in [1.54, 1.807) is 18.0 Å². The van der Waals surface area contributed by atoms with Gasteiger partial charge in [0, 0.05) is 7.05 Å². The standard InChI is InChI=1S/C13H15ClN4O/c1-8-5-4-6-10(12(8)14)13(19)18(3)7-11-15-9(2)16-17-11/h4-6H,7H2,1-3H3,(H,15,16,17). The van der Waals surface area contributed by atoms with E-state index in [1.165, 1.54) is 0 Å². The highest BCUT2D eigenvalue weighted by Crippen LogP contribution is 2.21. The quantitative estimate of drug-likeness (QED) is 0.937. The zero-order valence-corrected chi connectivity index (χ0v) is 11.8. The zero-order valence-electron chi connectivity index (χ0n) is 11.1. The minimum atomic E-state index is -0.142. The molecule has 19 heavy (non-hydrogen) atoms. The average molecular weight is 279 g/mol. The van der Waals surface area contributed by atoms with Gasteiger partial charge < -0.3 is 4.90 Å². The van der Waals surface area contributed by atoms with E-state index < -0.39 is 0 Å². The van der Waals surface area contributed by atoms with Crippen LogP contribution in [0.3, 0.4) is 0 Å². The number of aromatic nitrogens is 3. The van der Waals surface area contributed by atoms with Gasteiger partial charge in [-0.3, -0.25) is 9.89 Å². The van der Waals surface area contributed by atoms with Crippen molar-refractivity contribution in [3.05, 3.63) is 46.0 Å². The maximum Gasteiger partial charge on any atom is 0.255 e. The highest BCUT2D eigenvalue weighted by molar-refractivity contribution is 6.34. The fraction of sp³-hybridized carbons (Fsp3) is 0.308. The predicted molar refractivity (Wildman–Crippen MR) is 73.1 cm³/mol. The molecule has 0 saturated heterocycles. The van der Waals surface area contributed by atoms with Crippen molar-refractivity contribution in [1.29, 1.82) is 0 Å². The Labute approximate surface area is 116 Å². The second-order valence-corrected chi connectivity index (χ2v) is 4.81. The van der Waals surface area contributed by atoms with E-state index in [4.69, 9.17) is 11.6 Å². The molecule has 1 heterocycles. The van der Waals surface area contributed by atoms with Crippen molar-refractivity contribution in [2.75, 3.05) is 7.05 Å². The molecule has 1 aromatic heterocycles. The molecule has 0 aliphatic heterocycles. The molecule has 5 nitrogen and oxygen atoms in total. The summed E-state index contributed by atoms with van der Waals surface area (Å²) in [6, 6.07) is 5.41. The van der Waals surface area contributed by atoms with Crippen LogP contribution in [-0.4, -0.2) is 33.0 Å². The van der Waals surface area contributed by atoms with Gasteiger partial charge in [0.25, 0.3) is 5.91 Å². The Morgan fingerprint density at radius 3 is 2.79 bits per heavy atom. The van der Waals surface area contributed by atoms with E-state index in [-0.39, 0.29) is 5.91 Å². The lowest BCUT2D eigenvalue weighted by Gasteiger charge is -2.16. The number of rotatable bonds is 3. The van der Waals surface area contributed by atoms with Gasteiger partial charge in [-0.2, -0.15) is 5.10 Å². The van der Waals surface area contributed by atoms with Gasteiger partial charge in [-0.25, -0.2) is 4.98 Å². The van der Waals surface area contributed by atoms with Crippen LogP contribution in [0.25, 0.3) is 0 Å². The number of halogens is 1. The van der Waals surface area contributed by atoms with Gasteiger partial charge in [-0.05, 0) is 25.5 Å². The lowest BCUT2D eigenvalue weighted by atomic mass is 10.1. The molecule has 2 aromatic rings. The second kappa shape index (κ2) is 5.40. The number of H-pyrrole nitrogens is 1. The third kappa shape index (κ3) is 2.93. The number of aromatic amines is 1. The molecule has 6 heteroatoms. The fourth-order valence-corrected chi connectivity index (χ4v) is 1.97. The third-order valence-electron chi connectivity index (χ3n) is 2.79. The fourth-order valence-electron chi connectivity index (χ4n) is 1.76. The van der Waals surface area contributed by atoms with Crippen LogP contribution in [0.4, 0.5) is 0 Å². The largest absolute Gasteiger partial charge is 0.334 e. The molecule has 100 valence electrons. The Kier molecular flexibility index (Phi) is 3.85. The van der Waals surface area contributed by atoms with Gasteiger partial charge in [-0.1, -0.05) is 23.7 Å². The molecule has 0 atom stereocenters. The molecule has 1 amide bonds. The smallest absolute Gasteiger partial charge is 0.255 e. The molecule has 0 fully saturated rings. The Hall–Kier alpha value is -1.88. The summed E-state index contributed by atoms with van der Waals surface area (Å²) < 4.78 is 0.